The summed E-state index contributed by atoms with van der Waals surface area (Å²) in [4.78, 5) is 21.9. The third-order valence-electron chi connectivity index (χ3n) is 7.71. The Morgan fingerprint density at radius 3 is 2.50 bits per heavy atom. The minimum atomic E-state index is 0.218. The Kier molecular flexibility index (Phi) is 6.41. The van der Waals surface area contributed by atoms with E-state index in [0.29, 0.717) is 12.8 Å². The zero-order chi connectivity index (χ0) is 26.2. The number of aryl methyl sites for hydroxylation is 2. The lowest BCUT2D eigenvalue weighted by atomic mass is 10.1. The second-order valence-electron chi connectivity index (χ2n) is 10.3. The summed E-state index contributed by atoms with van der Waals surface area (Å²) in [7, 11) is 0. The lowest BCUT2D eigenvalue weighted by Crippen LogP contribution is -2.48. The van der Waals surface area contributed by atoms with E-state index in [9.17, 15) is 4.79 Å². The number of carbonyl (C=O) groups is 1. The van der Waals surface area contributed by atoms with Gasteiger partial charge in [-0.15, -0.1) is 5.10 Å². The molecule has 0 atom stereocenters. The third-order valence-corrected chi connectivity index (χ3v) is 7.71. The van der Waals surface area contributed by atoms with Crippen LogP contribution in [0.4, 0.5) is 0 Å². The zero-order valence-corrected chi connectivity index (χ0v) is 22.3. The molecular formula is C30H33N7O. The van der Waals surface area contributed by atoms with E-state index < -0.39 is 0 Å². The van der Waals surface area contributed by atoms with E-state index >= 15 is 0 Å². The quantitative estimate of drug-likeness (QED) is 0.343. The molecule has 2 aromatic carbocycles. The van der Waals surface area contributed by atoms with Crippen LogP contribution in [0.3, 0.4) is 0 Å². The van der Waals surface area contributed by atoms with E-state index in [2.05, 4.69) is 59.3 Å². The van der Waals surface area contributed by atoms with Crippen molar-refractivity contribution < 1.29 is 4.79 Å². The molecule has 0 bridgehead atoms. The normalized spacial score (nSPS) is 14.6. The Morgan fingerprint density at radius 2 is 1.68 bits per heavy atom. The van der Waals surface area contributed by atoms with Crippen molar-refractivity contribution in [3.63, 3.8) is 0 Å². The fraction of sp³-hybridized carbons (Fsp3) is 0.333. The zero-order valence-electron chi connectivity index (χ0n) is 22.3. The molecule has 1 amide bonds. The van der Waals surface area contributed by atoms with E-state index in [1.807, 2.05) is 46.3 Å². The van der Waals surface area contributed by atoms with E-state index in [1.165, 1.54) is 16.3 Å². The molecule has 6 rings (SSSR count). The first-order chi connectivity index (χ1) is 18.5. The number of piperazine rings is 1. The van der Waals surface area contributed by atoms with Crippen molar-refractivity contribution in [3.8, 4) is 5.82 Å². The predicted molar refractivity (Wildman–Crippen MR) is 148 cm³/mol. The second kappa shape index (κ2) is 10.0. The molecule has 38 heavy (non-hydrogen) atoms. The molecule has 4 heterocycles. The topological polar surface area (TPSA) is 71.6 Å². The highest BCUT2D eigenvalue weighted by atomic mass is 16.2. The summed E-state index contributed by atoms with van der Waals surface area (Å²) in [6, 6.07) is 19.1. The number of aromatic nitrogens is 5. The Bertz CT molecular complexity index is 1620. The number of fused-ring (bicyclic) bond motifs is 2. The molecule has 8 heteroatoms. The molecule has 194 valence electrons. The molecule has 0 unspecified atom stereocenters. The van der Waals surface area contributed by atoms with Gasteiger partial charge >= 0.3 is 0 Å². The van der Waals surface area contributed by atoms with Crippen LogP contribution >= 0.6 is 0 Å². The number of imidazole rings is 1. The molecule has 8 nitrogen and oxygen atoms in total. The molecule has 5 aromatic rings. The molecular weight excluding hydrogens is 474 g/mol. The highest BCUT2D eigenvalue weighted by Crippen LogP contribution is 2.21. The third kappa shape index (κ3) is 4.67. The van der Waals surface area contributed by atoms with Gasteiger partial charge in [0.15, 0.2) is 11.5 Å². The number of hydrogen-bond acceptors (Lipinski definition) is 5. The van der Waals surface area contributed by atoms with Gasteiger partial charge in [0.05, 0.1) is 17.6 Å². The Hall–Kier alpha value is -4.04. The van der Waals surface area contributed by atoms with Crippen molar-refractivity contribution >= 4 is 22.3 Å². The smallest absolute Gasteiger partial charge is 0.222 e. The predicted octanol–water partition coefficient (Wildman–Crippen LogP) is 4.27. The molecule has 3 aromatic heterocycles. The molecule has 1 aliphatic heterocycles. The van der Waals surface area contributed by atoms with E-state index in [0.717, 1.165) is 66.8 Å². The van der Waals surface area contributed by atoms with Crippen molar-refractivity contribution in [1.29, 1.82) is 0 Å². The van der Waals surface area contributed by atoms with E-state index in [4.69, 9.17) is 10.2 Å². The SMILES string of the molecule is Cc1nn(-c2ccc3ncc(C)n3n2)c(C)c1CCC(=O)N1CCN(Cc2ccc3ccccc3c2)CC1. The molecule has 0 N–H and O–H groups in total. The van der Waals surface area contributed by atoms with Gasteiger partial charge in [-0.25, -0.2) is 14.2 Å². The van der Waals surface area contributed by atoms with E-state index in [1.54, 1.807) is 0 Å². The van der Waals surface area contributed by atoms with Crippen molar-refractivity contribution in [3.05, 3.63) is 89.0 Å². The molecule has 1 fully saturated rings. The molecule has 1 saturated heterocycles. The van der Waals surface area contributed by atoms with Crippen LogP contribution in [0.15, 0.2) is 60.8 Å². The number of amides is 1. The average Bonchev–Trinajstić information content (AvgIpc) is 3.45. The lowest BCUT2D eigenvalue weighted by molar-refractivity contribution is -0.133. The lowest BCUT2D eigenvalue weighted by Gasteiger charge is -2.35. The molecule has 0 radical (unpaired) electrons. The van der Waals surface area contributed by atoms with Gasteiger partial charge in [0, 0.05) is 44.8 Å². The number of nitrogens with zero attached hydrogens (tertiary/aromatic N) is 7. The number of rotatable bonds is 6. The number of carbonyl (C=O) groups excluding carboxylic acids is 1. The average molecular weight is 508 g/mol. The fourth-order valence-corrected chi connectivity index (χ4v) is 5.49. The van der Waals surface area contributed by atoms with Crippen LogP contribution in [-0.2, 0) is 17.8 Å². The Balaban J connectivity index is 1.06. The maximum absolute atomic E-state index is 13.1. The largest absolute Gasteiger partial charge is 0.340 e. The summed E-state index contributed by atoms with van der Waals surface area (Å²) in [5.74, 6) is 0.967. The highest BCUT2D eigenvalue weighted by Gasteiger charge is 2.22. The Morgan fingerprint density at radius 1 is 0.895 bits per heavy atom. The van der Waals surface area contributed by atoms with Crippen LogP contribution in [0, 0.1) is 20.8 Å². The van der Waals surface area contributed by atoms with Crippen molar-refractivity contribution in [1.82, 2.24) is 34.2 Å². The van der Waals surface area contributed by atoms with Crippen LogP contribution in [-0.4, -0.2) is 66.3 Å². The van der Waals surface area contributed by atoms with E-state index in [-0.39, 0.29) is 5.91 Å². The first kappa shape index (κ1) is 24.3. The maximum atomic E-state index is 13.1. The van der Waals surface area contributed by atoms with Crippen LogP contribution in [0.1, 0.15) is 34.6 Å². The van der Waals surface area contributed by atoms with Crippen LogP contribution in [0.5, 0.6) is 0 Å². The summed E-state index contributed by atoms with van der Waals surface area (Å²) in [5.41, 5.74) is 6.21. The monoisotopic (exact) mass is 507 g/mol. The number of benzene rings is 2. The summed E-state index contributed by atoms with van der Waals surface area (Å²) in [5, 5.41) is 12.0. The van der Waals surface area contributed by atoms with Crippen LogP contribution in [0.25, 0.3) is 22.2 Å². The van der Waals surface area contributed by atoms with Crippen LogP contribution < -0.4 is 0 Å². The van der Waals surface area contributed by atoms with Gasteiger partial charge in [-0.3, -0.25) is 9.69 Å². The minimum Gasteiger partial charge on any atom is -0.340 e. The standard InChI is InChI=1S/C30H33N7O/c1-21-19-31-28-11-12-29(33-36(21)28)37-23(3)27(22(2)32-37)10-13-30(38)35-16-14-34(15-17-35)20-24-8-9-25-6-4-5-7-26(25)18-24/h4-9,11-12,18-19H,10,13-17,20H2,1-3H3. The first-order valence-corrected chi connectivity index (χ1v) is 13.3. The summed E-state index contributed by atoms with van der Waals surface area (Å²) < 4.78 is 3.70. The number of hydrogen-bond donors (Lipinski definition) is 0. The first-order valence-electron chi connectivity index (χ1n) is 13.3. The molecule has 0 saturated carbocycles. The van der Waals surface area contributed by atoms with Crippen molar-refractivity contribution in [2.24, 2.45) is 0 Å². The molecule has 1 aliphatic rings. The summed E-state index contributed by atoms with van der Waals surface area (Å²) in [6.45, 7) is 10.3. The van der Waals surface area contributed by atoms with Gasteiger partial charge in [0.2, 0.25) is 5.91 Å². The van der Waals surface area contributed by atoms with Crippen molar-refractivity contribution in [2.45, 2.75) is 40.2 Å². The van der Waals surface area contributed by atoms with Gasteiger partial charge < -0.3 is 4.90 Å². The van der Waals surface area contributed by atoms with Crippen molar-refractivity contribution in [2.75, 3.05) is 26.2 Å². The van der Waals surface area contributed by atoms with Gasteiger partial charge in [-0.1, -0.05) is 36.4 Å². The van der Waals surface area contributed by atoms with Gasteiger partial charge in [0.25, 0.3) is 0 Å². The molecule has 0 aliphatic carbocycles. The minimum absolute atomic E-state index is 0.218. The van der Waals surface area contributed by atoms with Gasteiger partial charge in [-0.05, 0) is 67.3 Å². The van der Waals surface area contributed by atoms with Gasteiger partial charge in [-0.2, -0.15) is 5.10 Å². The van der Waals surface area contributed by atoms with Crippen LogP contribution in [0.2, 0.25) is 0 Å². The summed E-state index contributed by atoms with van der Waals surface area (Å²) >= 11 is 0. The second-order valence-corrected chi connectivity index (χ2v) is 10.3. The summed E-state index contributed by atoms with van der Waals surface area (Å²) in [6.07, 6.45) is 2.99. The maximum Gasteiger partial charge on any atom is 0.222 e. The highest BCUT2D eigenvalue weighted by molar-refractivity contribution is 5.83. The molecule has 0 spiro atoms. The van der Waals surface area contributed by atoms with Gasteiger partial charge in [0.1, 0.15) is 0 Å². The fourth-order valence-electron chi connectivity index (χ4n) is 5.49. The Labute approximate surface area is 222 Å².